The van der Waals surface area contributed by atoms with E-state index in [1.54, 1.807) is 0 Å². The zero-order valence-electron chi connectivity index (χ0n) is 21.2. The number of hydrogen-bond acceptors (Lipinski definition) is 5. The van der Waals surface area contributed by atoms with Crippen LogP contribution >= 0.6 is 12.4 Å². The van der Waals surface area contributed by atoms with Crippen molar-refractivity contribution in [2.24, 2.45) is 5.73 Å². The van der Waals surface area contributed by atoms with Crippen LogP contribution in [0.5, 0.6) is 0 Å². The summed E-state index contributed by atoms with van der Waals surface area (Å²) in [5, 5.41) is 10.5. The van der Waals surface area contributed by atoms with Gasteiger partial charge >= 0.3 is 0 Å². The standard InChI is InChI=1S/C29H34N4O4.ClH/c30-18-7-6-16-24(27(34)32-23-17-8-14-21-13-4-5-15-22(21)23)33-29(36)26-25(37-26)28(35)31-19-9-12-20-10-2-1-3-11-20;/h1-5,8,10-11,13-15,17,24-26H,6-7,9,12,16,18-19,30H2,(H,31,35)(H,32,34)(H,33,36);1H/t24-,25?,26?;/m0./s1. The van der Waals surface area contributed by atoms with Gasteiger partial charge in [-0.3, -0.25) is 14.4 Å². The number of ether oxygens (including phenoxy) is 1. The lowest BCUT2D eigenvalue weighted by molar-refractivity contribution is -0.127. The molecule has 1 heterocycles. The number of nitrogens with two attached hydrogens (primary N) is 1. The summed E-state index contributed by atoms with van der Waals surface area (Å²) < 4.78 is 5.36. The first-order valence-corrected chi connectivity index (χ1v) is 12.8. The van der Waals surface area contributed by atoms with E-state index in [1.807, 2.05) is 72.8 Å². The highest BCUT2D eigenvalue weighted by molar-refractivity contribution is 6.05. The van der Waals surface area contributed by atoms with Gasteiger partial charge in [0, 0.05) is 17.6 Å². The first-order valence-electron chi connectivity index (χ1n) is 12.8. The number of carbonyl (C=O) groups is 3. The van der Waals surface area contributed by atoms with Gasteiger partial charge in [0.2, 0.25) is 5.91 Å². The van der Waals surface area contributed by atoms with Gasteiger partial charge in [-0.1, -0.05) is 66.7 Å². The van der Waals surface area contributed by atoms with Crippen LogP contribution in [0.25, 0.3) is 10.8 Å². The maximum absolute atomic E-state index is 13.2. The lowest BCUT2D eigenvalue weighted by Gasteiger charge is -2.19. The molecular weight excluding hydrogens is 504 g/mol. The van der Waals surface area contributed by atoms with E-state index in [0.29, 0.717) is 31.6 Å². The van der Waals surface area contributed by atoms with E-state index < -0.39 is 24.2 Å². The highest BCUT2D eigenvalue weighted by Crippen LogP contribution is 2.25. The molecule has 3 atom stereocenters. The minimum absolute atomic E-state index is 0. The van der Waals surface area contributed by atoms with Crippen molar-refractivity contribution in [1.29, 1.82) is 0 Å². The van der Waals surface area contributed by atoms with Crippen LogP contribution < -0.4 is 21.7 Å². The zero-order chi connectivity index (χ0) is 26.0. The first kappa shape index (κ1) is 29.1. The summed E-state index contributed by atoms with van der Waals surface area (Å²) in [5.41, 5.74) is 7.50. The Kier molecular flexibility index (Phi) is 11.1. The van der Waals surface area contributed by atoms with E-state index in [-0.39, 0.29) is 24.2 Å². The van der Waals surface area contributed by atoms with Crippen LogP contribution in [0.3, 0.4) is 0 Å². The normalized spacial score (nSPS) is 16.7. The van der Waals surface area contributed by atoms with Gasteiger partial charge < -0.3 is 26.4 Å². The first-order chi connectivity index (χ1) is 18.1. The van der Waals surface area contributed by atoms with E-state index in [4.69, 9.17) is 10.5 Å². The summed E-state index contributed by atoms with van der Waals surface area (Å²) in [6, 6.07) is 22.7. The molecule has 1 fully saturated rings. The molecule has 4 rings (SSSR count). The minimum atomic E-state index is -0.892. The van der Waals surface area contributed by atoms with Crippen molar-refractivity contribution >= 4 is 46.6 Å². The third kappa shape index (κ3) is 8.02. The molecule has 1 saturated heterocycles. The molecule has 3 amide bonds. The van der Waals surface area contributed by atoms with Gasteiger partial charge in [-0.05, 0) is 55.7 Å². The van der Waals surface area contributed by atoms with Crippen molar-refractivity contribution in [2.75, 3.05) is 18.4 Å². The van der Waals surface area contributed by atoms with E-state index in [9.17, 15) is 14.4 Å². The molecule has 9 heteroatoms. The predicted molar refractivity (Wildman–Crippen MR) is 151 cm³/mol. The Balaban J connectivity index is 0.00000400. The van der Waals surface area contributed by atoms with Gasteiger partial charge in [0.25, 0.3) is 11.8 Å². The lowest BCUT2D eigenvalue weighted by atomic mass is 10.1. The molecule has 0 aliphatic carbocycles. The summed E-state index contributed by atoms with van der Waals surface area (Å²) in [5.74, 6) is -1.09. The average molecular weight is 539 g/mol. The van der Waals surface area contributed by atoms with E-state index in [2.05, 4.69) is 16.0 Å². The van der Waals surface area contributed by atoms with Gasteiger partial charge in [-0.2, -0.15) is 0 Å². The number of carbonyl (C=O) groups excluding carboxylic acids is 3. The fourth-order valence-electron chi connectivity index (χ4n) is 4.33. The number of hydrogen-bond donors (Lipinski definition) is 4. The van der Waals surface area contributed by atoms with Crippen molar-refractivity contribution in [2.45, 2.75) is 50.4 Å². The molecule has 38 heavy (non-hydrogen) atoms. The molecule has 0 saturated carbocycles. The molecule has 1 aliphatic rings. The molecule has 1 aliphatic heterocycles. The fourth-order valence-corrected chi connectivity index (χ4v) is 4.33. The Morgan fingerprint density at radius 2 is 1.55 bits per heavy atom. The maximum atomic E-state index is 13.2. The number of aryl methyl sites for hydroxylation is 1. The Morgan fingerprint density at radius 3 is 2.34 bits per heavy atom. The topological polar surface area (TPSA) is 126 Å². The number of nitrogens with one attached hydrogen (secondary N) is 3. The number of benzene rings is 3. The summed E-state index contributed by atoms with van der Waals surface area (Å²) in [6.45, 7) is 1.00. The van der Waals surface area contributed by atoms with E-state index in [0.717, 1.165) is 30.0 Å². The zero-order valence-corrected chi connectivity index (χ0v) is 22.0. The second-order valence-electron chi connectivity index (χ2n) is 9.22. The van der Waals surface area contributed by atoms with Gasteiger partial charge in [-0.15, -0.1) is 12.4 Å². The minimum Gasteiger partial charge on any atom is -0.354 e. The van der Waals surface area contributed by atoms with Crippen LogP contribution in [-0.4, -0.2) is 49.1 Å². The summed E-state index contributed by atoms with van der Waals surface area (Å²) in [7, 11) is 0. The molecule has 3 aromatic rings. The van der Waals surface area contributed by atoms with E-state index >= 15 is 0 Å². The van der Waals surface area contributed by atoms with Crippen molar-refractivity contribution < 1.29 is 19.1 Å². The van der Waals surface area contributed by atoms with Crippen LogP contribution in [0.2, 0.25) is 0 Å². The van der Waals surface area contributed by atoms with Crippen LogP contribution in [0.15, 0.2) is 72.8 Å². The van der Waals surface area contributed by atoms with Crippen molar-refractivity contribution in [3.63, 3.8) is 0 Å². The SMILES string of the molecule is Cl.NCCCC[C@H](NC(=O)C1OC1C(=O)NCCCc1ccccc1)C(=O)Nc1cccc2ccccc12. The predicted octanol–water partition coefficient (Wildman–Crippen LogP) is 3.33. The number of epoxide rings is 1. The molecular formula is C29H35ClN4O4. The Labute approximate surface area is 229 Å². The Bertz CT molecular complexity index is 1220. The number of fused-ring (bicyclic) bond motifs is 1. The largest absolute Gasteiger partial charge is 0.354 e. The molecule has 5 N–H and O–H groups in total. The van der Waals surface area contributed by atoms with Gasteiger partial charge in [0.1, 0.15) is 6.04 Å². The van der Waals surface area contributed by atoms with Crippen molar-refractivity contribution in [3.8, 4) is 0 Å². The molecule has 0 bridgehead atoms. The number of rotatable bonds is 13. The van der Waals surface area contributed by atoms with Gasteiger partial charge in [-0.25, -0.2) is 0 Å². The average Bonchev–Trinajstić information content (AvgIpc) is 3.73. The maximum Gasteiger partial charge on any atom is 0.253 e. The molecule has 0 radical (unpaired) electrons. The van der Waals surface area contributed by atoms with Crippen molar-refractivity contribution in [1.82, 2.24) is 10.6 Å². The molecule has 0 spiro atoms. The lowest BCUT2D eigenvalue weighted by Crippen LogP contribution is -2.46. The molecule has 202 valence electrons. The third-order valence-corrected chi connectivity index (χ3v) is 6.42. The summed E-state index contributed by atoms with van der Waals surface area (Å²) >= 11 is 0. The van der Waals surface area contributed by atoms with Crippen LogP contribution in [-0.2, 0) is 25.5 Å². The van der Waals surface area contributed by atoms with Crippen LogP contribution in [0.4, 0.5) is 5.69 Å². The Hall–Kier alpha value is -3.46. The molecule has 0 aromatic heterocycles. The van der Waals surface area contributed by atoms with Crippen molar-refractivity contribution in [3.05, 3.63) is 78.4 Å². The Morgan fingerprint density at radius 1 is 0.842 bits per heavy atom. The smallest absolute Gasteiger partial charge is 0.253 e. The molecule has 2 unspecified atom stereocenters. The number of amides is 3. The third-order valence-electron chi connectivity index (χ3n) is 6.42. The quantitative estimate of drug-likeness (QED) is 0.196. The van der Waals surface area contributed by atoms with Gasteiger partial charge in [0.15, 0.2) is 12.2 Å². The number of unbranched alkanes of at least 4 members (excludes halogenated alkanes) is 1. The second kappa shape index (κ2) is 14.5. The fraction of sp³-hybridized carbons (Fsp3) is 0.345. The van der Waals surface area contributed by atoms with Gasteiger partial charge in [0.05, 0.1) is 0 Å². The highest BCUT2D eigenvalue weighted by Gasteiger charge is 2.50. The van der Waals surface area contributed by atoms with E-state index in [1.165, 1.54) is 5.56 Å². The van der Waals surface area contributed by atoms with Crippen LogP contribution in [0.1, 0.15) is 31.2 Å². The highest BCUT2D eigenvalue weighted by atomic mass is 35.5. The number of halogens is 1. The number of anilines is 1. The second-order valence-corrected chi connectivity index (χ2v) is 9.22. The molecule has 8 nitrogen and oxygen atoms in total. The summed E-state index contributed by atoms with van der Waals surface area (Å²) in [4.78, 5) is 38.4. The molecule has 3 aromatic carbocycles. The monoisotopic (exact) mass is 538 g/mol. The van der Waals surface area contributed by atoms with Crippen LogP contribution in [0, 0.1) is 0 Å². The summed E-state index contributed by atoms with van der Waals surface area (Å²) in [6.07, 6.45) is 1.77.